The Balaban J connectivity index is 0.000000126. The SMILES string of the molecule is Cc1ccc2c([Si](C)(C)C)cc(-c3c(C)c(C)cc4c3oc3ccccc34)[n+](C)c2c1.Cc1ccc2c([Si](C)(C)C)cc(-c3c(C)ccc4c3oc3cc(F)ccc34)[n+](C)c2c1.Cc1ccc2c([Si](C)(C)C)cc(-c3c(C)ccc4c3oc3ccccc34)[n+](C)c2c1. The molecule has 92 heavy (non-hydrogen) atoms. The fourth-order valence-corrected chi connectivity index (χ4v) is 18.9. The van der Waals surface area contributed by atoms with Gasteiger partial charge >= 0.3 is 0 Å². The van der Waals surface area contributed by atoms with E-state index in [9.17, 15) is 4.39 Å². The Kier molecular flexibility index (Phi) is 15.4. The maximum absolute atomic E-state index is 13.9. The molecular weight excluding hydrogens is 1180 g/mol. The van der Waals surface area contributed by atoms with Crippen molar-refractivity contribution in [1.29, 1.82) is 0 Å². The third-order valence-electron chi connectivity index (χ3n) is 19.3. The summed E-state index contributed by atoms with van der Waals surface area (Å²) in [6, 6.07) is 60.1. The van der Waals surface area contributed by atoms with Crippen molar-refractivity contribution in [2.45, 2.75) is 107 Å². The second kappa shape index (κ2) is 22.8. The molecule has 15 aromatic rings. The number of hydrogen-bond donors (Lipinski definition) is 0. The average Bonchev–Trinajstić information content (AvgIpc) is 1.34. The van der Waals surface area contributed by atoms with Gasteiger partial charge in [-0.25, -0.2) is 4.39 Å². The van der Waals surface area contributed by atoms with Crippen LogP contribution in [0.15, 0.2) is 183 Å². The zero-order valence-corrected chi connectivity index (χ0v) is 60.1. The smallest absolute Gasteiger partial charge is 0.216 e. The van der Waals surface area contributed by atoms with Gasteiger partial charge in [-0.3, -0.25) is 0 Å². The van der Waals surface area contributed by atoms with Crippen molar-refractivity contribution in [3.05, 3.63) is 215 Å². The summed E-state index contributed by atoms with van der Waals surface area (Å²) in [5.74, 6) is -0.280. The molecule has 0 aliphatic heterocycles. The number of benzene rings is 9. The van der Waals surface area contributed by atoms with Crippen LogP contribution in [0.25, 0.3) is 132 Å². The van der Waals surface area contributed by atoms with E-state index in [-0.39, 0.29) is 5.82 Å². The molecule has 0 aliphatic carbocycles. The van der Waals surface area contributed by atoms with E-state index in [1.54, 1.807) is 0 Å². The largest absolute Gasteiger partial charge is 0.455 e. The highest BCUT2D eigenvalue weighted by Crippen LogP contribution is 2.42. The summed E-state index contributed by atoms with van der Waals surface area (Å²) in [6.45, 7) is 37.0. The summed E-state index contributed by atoms with van der Waals surface area (Å²) in [7, 11) is 1.75. The molecule has 0 saturated carbocycles. The third kappa shape index (κ3) is 10.7. The van der Waals surface area contributed by atoms with Gasteiger partial charge in [-0.05, 0) is 152 Å². The maximum atomic E-state index is 13.9. The molecule has 0 saturated heterocycles. The molecule has 0 radical (unpaired) electrons. The van der Waals surface area contributed by atoms with Gasteiger partial charge in [-0.1, -0.05) is 138 Å². The number of halogens is 1. The quantitative estimate of drug-likeness (QED) is 0.123. The molecule has 0 atom stereocenters. The lowest BCUT2D eigenvalue weighted by Crippen LogP contribution is -2.43. The number of nitrogens with zero attached hydrogens (tertiary/aromatic N) is 3. The Morgan fingerprint density at radius 3 is 1.05 bits per heavy atom. The molecule has 0 aliphatic rings. The van der Waals surface area contributed by atoms with E-state index < -0.39 is 24.2 Å². The van der Waals surface area contributed by atoms with E-state index >= 15 is 0 Å². The van der Waals surface area contributed by atoms with E-state index in [1.165, 1.54) is 138 Å². The van der Waals surface area contributed by atoms with Crippen LogP contribution in [0.5, 0.6) is 0 Å². The van der Waals surface area contributed by atoms with Crippen LogP contribution in [-0.4, -0.2) is 24.2 Å². The number of fused-ring (bicyclic) bond motifs is 12. The predicted molar refractivity (Wildman–Crippen MR) is 396 cm³/mol. The fraction of sp³-hybridized carbons (Fsp3) is 0.232. The minimum atomic E-state index is -1.62. The lowest BCUT2D eigenvalue weighted by molar-refractivity contribution is -0.633. The third-order valence-corrected chi connectivity index (χ3v) is 25.4. The van der Waals surface area contributed by atoms with Gasteiger partial charge in [-0.15, -0.1) is 0 Å². The van der Waals surface area contributed by atoms with E-state index in [2.05, 4.69) is 282 Å². The van der Waals surface area contributed by atoms with Crippen molar-refractivity contribution in [3.63, 3.8) is 0 Å². The van der Waals surface area contributed by atoms with Crippen LogP contribution in [0, 0.1) is 54.3 Å². The Bertz CT molecular complexity index is 5550. The van der Waals surface area contributed by atoms with Gasteiger partial charge in [-0.2, -0.15) is 13.7 Å². The molecule has 10 heteroatoms. The molecule has 0 fully saturated rings. The highest BCUT2D eigenvalue weighted by Gasteiger charge is 2.33. The Morgan fingerprint density at radius 1 is 0.304 bits per heavy atom. The molecule has 6 aromatic heterocycles. The van der Waals surface area contributed by atoms with E-state index in [0.29, 0.717) is 5.58 Å². The molecule has 462 valence electrons. The Labute approximate surface area is 543 Å². The zero-order valence-electron chi connectivity index (χ0n) is 57.1. The lowest BCUT2D eigenvalue weighted by atomic mass is 9.95. The topological polar surface area (TPSA) is 51.1 Å². The van der Waals surface area contributed by atoms with Crippen molar-refractivity contribution in [1.82, 2.24) is 0 Å². The second-order valence-electron chi connectivity index (χ2n) is 29.1. The lowest BCUT2D eigenvalue weighted by Gasteiger charge is -2.20. The van der Waals surface area contributed by atoms with Gasteiger partial charge in [0.15, 0.2) is 0 Å². The maximum Gasteiger partial charge on any atom is 0.216 e. The molecule has 0 spiro atoms. The molecule has 0 N–H and O–H groups in total. The van der Waals surface area contributed by atoms with Crippen LogP contribution >= 0.6 is 0 Å². The first-order chi connectivity index (χ1) is 43.6. The normalized spacial score (nSPS) is 12.3. The summed E-state index contributed by atoms with van der Waals surface area (Å²) in [6.07, 6.45) is 0. The van der Waals surface area contributed by atoms with Crippen LogP contribution in [0.1, 0.15) is 38.9 Å². The summed E-state index contributed by atoms with van der Waals surface area (Å²) < 4.78 is 40.1. The van der Waals surface area contributed by atoms with Crippen molar-refractivity contribution in [3.8, 4) is 33.8 Å². The first-order valence-corrected chi connectivity index (χ1v) is 42.8. The number of hydrogen-bond acceptors (Lipinski definition) is 3. The molecule has 15 rings (SSSR count). The van der Waals surface area contributed by atoms with Crippen molar-refractivity contribution >= 4 is 138 Å². The number of furan rings is 3. The number of para-hydroxylation sites is 2. The molecular formula is C82H85FN3O3Si3+3. The van der Waals surface area contributed by atoms with Gasteiger partial charge < -0.3 is 13.3 Å². The van der Waals surface area contributed by atoms with Crippen LogP contribution in [0.3, 0.4) is 0 Å². The van der Waals surface area contributed by atoms with Gasteiger partial charge in [0.05, 0.1) is 40.9 Å². The van der Waals surface area contributed by atoms with E-state index in [1.807, 2.05) is 18.2 Å². The van der Waals surface area contributed by atoms with Gasteiger partial charge in [0.1, 0.15) is 60.5 Å². The fourth-order valence-electron chi connectivity index (χ4n) is 14.2. The minimum Gasteiger partial charge on any atom is -0.455 e. The van der Waals surface area contributed by atoms with Gasteiger partial charge in [0.25, 0.3) is 0 Å². The number of rotatable bonds is 6. The van der Waals surface area contributed by atoms with E-state index in [4.69, 9.17) is 13.3 Å². The molecule has 6 heterocycles. The number of aromatic nitrogens is 3. The predicted octanol–water partition coefficient (Wildman–Crippen LogP) is 19.6. The van der Waals surface area contributed by atoms with Crippen LogP contribution in [0.2, 0.25) is 58.9 Å². The minimum absolute atomic E-state index is 0.280. The summed E-state index contributed by atoms with van der Waals surface area (Å²) in [5, 5.41) is 15.2. The van der Waals surface area contributed by atoms with Gasteiger partial charge in [0.2, 0.25) is 33.6 Å². The van der Waals surface area contributed by atoms with Crippen LogP contribution in [-0.2, 0) is 21.1 Å². The molecule has 0 amide bonds. The van der Waals surface area contributed by atoms with Crippen LogP contribution in [0.4, 0.5) is 4.39 Å². The first-order valence-electron chi connectivity index (χ1n) is 32.3. The summed E-state index contributed by atoms with van der Waals surface area (Å²) >= 11 is 0. The van der Waals surface area contributed by atoms with Crippen molar-refractivity contribution in [2.24, 2.45) is 21.1 Å². The molecule has 6 nitrogen and oxygen atoms in total. The highest BCUT2D eigenvalue weighted by atomic mass is 28.3. The monoisotopic (exact) mass is 1260 g/mol. The summed E-state index contributed by atoms with van der Waals surface area (Å²) in [4.78, 5) is 0. The zero-order chi connectivity index (χ0) is 65.4. The van der Waals surface area contributed by atoms with Gasteiger partial charge in [0, 0.05) is 90.9 Å². The Hall–Kier alpha value is -8.81. The molecule has 9 aromatic carbocycles. The van der Waals surface area contributed by atoms with Crippen molar-refractivity contribution in [2.75, 3.05) is 0 Å². The summed E-state index contributed by atoms with van der Waals surface area (Å²) in [5.41, 5.74) is 25.0. The molecule has 0 bridgehead atoms. The number of aryl methyl sites for hydroxylation is 9. The molecule has 0 unspecified atom stereocenters. The van der Waals surface area contributed by atoms with Crippen LogP contribution < -0.4 is 29.3 Å². The Morgan fingerprint density at radius 2 is 0.641 bits per heavy atom. The second-order valence-corrected chi connectivity index (χ2v) is 44.2. The first kappa shape index (κ1) is 62.0. The van der Waals surface area contributed by atoms with E-state index in [0.717, 1.165) is 55.5 Å². The average molecular weight is 1260 g/mol. The van der Waals surface area contributed by atoms with Crippen molar-refractivity contribution < 1.29 is 31.3 Å². The number of pyridine rings is 3. The highest BCUT2D eigenvalue weighted by molar-refractivity contribution is 6.91. The standard InChI is InChI=1S/C28H30NOSi.C27H27FNOSi.C27H28NOSi/c1-17-12-13-21-23(14-17)29(4)24(16-26(21)31(5,6)7)27-19(3)18(2)15-22-20-10-8-9-11-25(20)30-28(22)27;1-16-7-10-21-22(13-16)29(3)23(15-25(21)31(4,5)6)26-17(2)8-11-20-19-12-9-18(28)14-24(19)30-27(20)26;1-17-11-13-21-22(15-17)28(3)23(16-25(21)30(4,5)6)26-18(2)12-14-20-19-9-7-8-10-24(19)29-27(20)26/h8-16H,1-7H3;7-15H,1-6H3;7-16H,1-6H3/q3*+1.